The number of carbonyl (C=O) groups excluding carboxylic acids is 1. The third-order valence-corrected chi connectivity index (χ3v) is 5.70. The van der Waals surface area contributed by atoms with Gasteiger partial charge in [-0.1, -0.05) is 24.3 Å². The summed E-state index contributed by atoms with van der Waals surface area (Å²) in [6.07, 6.45) is 3.41. The van der Waals surface area contributed by atoms with Gasteiger partial charge in [-0.3, -0.25) is 4.98 Å². The SMILES string of the molecule is Cc1ccc(Oc2ccc(F)c(-c3ccc([C@H]4C[C@@H](OCC(=O)OC(C)(C)C)C4)cc3)c2)cn1. The molecule has 2 aromatic carbocycles. The molecule has 0 saturated heterocycles. The molecule has 34 heavy (non-hydrogen) atoms. The van der Waals surface area contributed by atoms with E-state index in [4.69, 9.17) is 14.2 Å². The second-order valence-electron chi connectivity index (χ2n) is 9.69. The molecule has 0 amide bonds. The van der Waals surface area contributed by atoms with E-state index in [0.717, 1.165) is 24.1 Å². The van der Waals surface area contributed by atoms with Crippen molar-refractivity contribution in [2.75, 3.05) is 6.61 Å². The van der Waals surface area contributed by atoms with Crippen LogP contribution in [0.5, 0.6) is 11.5 Å². The fourth-order valence-corrected chi connectivity index (χ4v) is 3.91. The fraction of sp³-hybridized carbons (Fsp3) is 0.357. The van der Waals surface area contributed by atoms with E-state index in [9.17, 15) is 9.18 Å². The van der Waals surface area contributed by atoms with Crippen LogP contribution in [0, 0.1) is 12.7 Å². The van der Waals surface area contributed by atoms with Crippen LogP contribution in [0.4, 0.5) is 4.39 Å². The highest BCUT2D eigenvalue weighted by atomic mass is 19.1. The molecule has 3 aromatic rings. The highest BCUT2D eigenvalue weighted by Crippen LogP contribution is 2.39. The molecule has 6 heteroatoms. The number of rotatable bonds is 7. The number of ether oxygens (including phenoxy) is 3. The van der Waals surface area contributed by atoms with Gasteiger partial charge in [0.05, 0.1) is 12.3 Å². The Morgan fingerprint density at radius 3 is 2.38 bits per heavy atom. The lowest BCUT2D eigenvalue weighted by Crippen LogP contribution is -2.33. The van der Waals surface area contributed by atoms with Gasteiger partial charge < -0.3 is 14.2 Å². The molecule has 1 heterocycles. The van der Waals surface area contributed by atoms with E-state index in [-0.39, 0.29) is 24.5 Å². The molecule has 1 fully saturated rings. The van der Waals surface area contributed by atoms with Crippen molar-refractivity contribution < 1.29 is 23.4 Å². The number of halogens is 1. The Kier molecular flexibility index (Phi) is 6.98. The van der Waals surface area contributed by atoms with Gasteiger partial charge in [-0.25, -0.2) is 9.18 Å². The molecule has 1 aliphatic carbocycles. The van der Waals surface area contributed by atoms with E-state index in [2.05, 4.69) is 4.98 Å². The van der Waals surface area contributed by atoms with Crippen LogP contribution in [0.25, 0.3) is 11.1 Å². The maximum Gasteiger partial charge on any atom is 0.332 e. The number of hydrogen-bond donors (Lipinski definition) is 0. The van der Waals surface area contributed by atoms with Gasteiger partial charge in [0.15, 0.2) is 0 Å². The molecule has 1 saturated carbocycles. The molecule has 1 aromatic heterocycles. The van der Waals surface area contributed by atoms with E-state index in [1.54, 1.807) is 18.3 Å². The van der Waals surface area contributed by atoms with Crippen molar-refractivity contribution in [3.63, 3.8) is 0 Å². The number of aryl methyl sites for hydroxylation is 1. The van der Waals surface area contributed by atoms with Crippen LogP contribution in [0.1, 0.15) is 50.8 Å². The number of aromatic nitrogens is 1. The van der Waals surface area contributed by atoms with Gasteiger partial charge in [-0.2, -0.15) is 0 Å². The quantitative estimate of drug-likeness (QED) is 0.370. The smallest absolute Gasteiger partial charge is 0.332 e. The number of carbonyl (C=O) groups is 1. The predicted molar refractivity (Wildman–Crippen MR) is 128 cm³/mol. The molecule has 0 spiro atoms. The van der Waals surface area contributed by atoms with Crippen molar-refractivity contribution >= 4 is 5.97 Å². The molecule has 0 atom stereocenters. The molecule has 4 rings (SSSR count). The minimum Gasteiger partial charge on any atom is -0.458 e. The Balaban J connectivity index is 1.34. The summed E-state index contributed by atoms with van der Waals surface area (Å²) in [5, 5.41) is 0. The summed E-state index contributed by atoms with van der Waals surface area (Å²) in [4.78, 5) is 16.0. The van der Waals surface area contributed by atoms with E-state index >= 15 is 0 Å². The summed E-state index contributed by atoms with van der Waals surface area (Å²) in [5.41, 5.74) is 2.84. The van der Waals surface area contributed by atoms with Gasteiger partial charge >= 0.3 is 5.97 Å². The van der Waals surface area contributed by atoms with Crippen LogP contribution in [0.15, 0.2) is 60.8 Å². The van der Waals surface area contributed by atoms with Gasteiger partial charge in [0.25, 0.3) is 0 Å². The predicted octanol–water partition coefficient (Wildman–Crippen LogP) is 6.59. The standard InChI is InChI=1S/C28H30FNO4/c1-18-5-10-23(16-30-18)33-22-11-12-26(29)25(15-22)20-8-6-19(7-9-20)21-13-24(14-21)32-17-27(31)34-28(2,3)4/h5-12,15-16,21,24H,13-14,17H2,1-4H3/t21-,24+. The van der Waals surface area contributed by atoms with Crippen molar-refractivity contribution in [3.8, 4) is 22.6 Å². The van der Waals surface area contributed by atoms with Crippen LogP contribution in [0.3, 0.4) is 0 Å². The highest BCUT2D eigenvalue weighted by molar-refractivity contribution is 5.71. The first-order valence-corrected chi connectivity index (χ1v) is 11.5. The normalized spacial score (nSPS) is 17.7. The Hall–Kier alpha value is -3.25. The van der Waals surface area contributed by atoms with Crippen molar-refractivity contribution in [1.29, 1.82) is 0 Å². The van der Waals surface area contributed by atoms with Crippen LogP contribution in [-0.2, 0) is 14.3 Å². The zero-order chi connectivity index (χ0) is 24.3. The van der Waals surface area contributed by atoms with Gasteiger partial charge in [-0.15, -0.1) is 0 Å². The first-order chi connectivity index (χ1) is 16.2. The Morgan fingerprint density at radius 1 is 1.03 bits per heavy atom. The van der Waals surface area contributed by atoms with Crippen molar-refractivity contribution in [2.24, 2.45) is 0 Å². The third kappa shape index (κ3) is 6.20. The summed E-state index contributed by atoms with van der Waals surface area (Å²) >= 11 is 0. The second kappa shape index (κ2) is 9.94. The molecule has 0 radical (unpaired) electrons. The van der Waals surface area contributed by atoms with Gasteiger partial charge in [0, 0.05) is 11.3 Å². The maximum absolute atomic E-state index is 14.6. The van der Waals surface area contributed by atoms with Gasteiger partial charge in [0.1, 0.15) is 29.5 Å². The second-order valence-corrected chi connectivity index (χ2v) is 9.69. The lowest BCUT2D eigenvalue weighted by Gasteiger charge is -2.35. The van der Waals surface area contributed by atoms with Crippen LogP contribution >= 0.6 is 0 Å². The first kappa shape index (κ1) is 23.9. The Bertz CT molecular complexity index is 1130. The van der Waals surface area contributed by atoms with Crippen molar-refractivity contribution in [3.05, 3.63) is 77.9 Å². The minimum atomic E-state index is -0.507. The molecule has 0 bridgehead atoms. The highest BCUT2D eigenvalue weighted by Gasteiger charge is 2.32. The molecular weight excluding hydrogens is 433 g/mol. The lowest BCUT2D eigenvalue weighted by molar-refractivity contribution is -0.164. The summed E-state index contributed by atoms with van der Waals surface area (Å²) in [6.45, 7) is 7.40. The van der Waals surface area contributed by atoms with Crippen LogP contribution in [-0.4, -0.2) is 29.3 Å². The zero-order valence-electron chi connectivity index (χ0n) is 20.0. The van der Waals surface area contributed by atoms with Gasteiger partial charge in [-0.05, 0) is 87.9 Å². The molecule has 0 N–H and O–H groups in total. The Labute approximate surface area is 199 Å². The van der Waals surface area contributed by atoms with Crippen LogP contribution < -0.4 is 4.74 Å². The summed E-state index contributed by atoms with van der Waals surface area (Å²) < 4.78 is 31.4. The average Bonchev–Trinajstić information content (AvgIpc) is 2.75. The molecule has 5 nitrogen and oxygen atoms in total. The first-order valence-electron chi connectivity index (χ1n) is 11.5. The summed E-state index contributed by atoms with van der Waals surface area (Å²) in [7, 11) is 0. The number of nitrogens with zero attached hydrogens (tertiary/aromatic N) is 1. The number of pyridine rings is 1. The number of hydrogen-bond acceptors (Lipinski definition) is 5. The maximum atomic E-state index is 14.6. The van der Waals surface area contributed by atoms with E-state index < -0.39 is 5.60 Å². The molecule has 178 valence electrons. The van der Waals surface area contributed by atoms with Crippen molar-refractivity contribution in [2.45, 2.75) is 58.2 Å². The van der Waals surface area contributed by atoms with E-state index in [1.807, 2.05) is 64.1 Å². The molecule has 0 aliphatic heterocycles. The largest absolute Gasteiger partial charge is 0.458 e. The monoisotopic (exact) mass is 463 g/mol. The molecule has 1 aliphatic rings. The van der Waals surface area contributed by atoms with E-state index in [1.165, 1.54) is 11.6 Å². The fourth-order valence-electron chi connectivity index (χ4n) is 3.91. The van der Waals surface area contributed by atoms with Crippen LogP contribution in [0.2, 0.25) is 0 Å². The Morgan fingerprint density at radius 2 is 1.74 bits per heavy atom. The molecular formula is C28H30FNO4. The lowest BCUT2D eigenvalue weighted by atomic mass is 9.77. The summed E-state index contributed by atoms with van der Waals surface area (Å²) in [6, 6.07) is 16.3. The number of esters is 1. The topological polar surface area (TPSA) is 57.7 Å². The number of benzene rings is 2. The summed E-state index contributed by atoms with van der Waals surface area (Å²) in [5.74, 6) is 0.877. The average molecular weight is 464 g/mol. The minimum absolute atomic E-state index is 0.0239. The third-order valence-electron chi connectivity index (χ3n) is 5.70. The molecule has 0 unspecified atom stereocenters. The van der Waals surface area contributed by atoms with E-state index in [0.29, 0.717) is 23.0 Å². The van der Waals surface area contributed by atoms with Gasteiger partial charge in [0.2, 0.25) is 0 Å². The zero-order valence-corrected chi connectivity index (χ0v) is 20.0. The van der Waals surface area contributed by atoms with Crippen molar-refractivity contribution in [1.82, 2.24) is 4.98 Å².